The van der Waals surface area contributed by atoms with Crippen molar-refractivity contribution < 1.29 is 4.79 Å². The number of piperidine rings is 1. The standard InChI is InChI=1S/C17H25N3O/c21-17(16-5-2-8-18-16)20-11-14-6-7-15(12-20)19(10-14)9-13-3-1-4-13/h2,5,8,13-15,18H,1,3-4,6-7,9-12H2/t14-,15-/m0/s1. The van der Waals surface area contributed by atoms with Crippen LogP contribution in [-0.4, -0.2) is 52.9 Å². The number of carbonyl (C=O) groups is 1. The van der Waals surface area contributed by atoms with Crippen LogP contribution in [-0.2, 0) is 0 Å². The van der Waals surface area contributed by atoms with E-state index in [9.17, 15) is 4.79 Å². The van der Waals surface area contributed by atoms with Crippen molar-refractivity contribution in [2.45, 2.75) is 38.1 Å². The Hall–Kier alpha value is -1.29. The van der Waals surface area contributed by atoms with Gasteiger partial charge in [0.15, 0.2) is 0 Å². The Morgan fingerprint density at radius 1 is 1.19 bits per heavy atom. The number of carbonyl (C=O) groups excluding carboxylic acids is 1. The van der Waals surface area contributed by atoms with Crippen LogP contribution < -0.4 is 0 Å². The molecule has 1 saturated carbocycles. The largest absolute Gasteiger partial charge is 0.357 e. The molecule has 4 aliphatic rings. The zero-order valence-electron chi connectivity index (χ0n) is 12.6. The summed E-state index contributed by atoms with van der Waals surface area (Å²) in [6.45, 7) is 4.33. The van der Waals surface area contributed by atoms with Gasteiger partial charge in [-0.25, -0.2) is 0 Å². The number of hydrogen-bond donors (Lipinski definition) is 1. The van der Waals surface area contributed by atoms with Crippen molar-refractivity contribution in [3.05, 3.63) is 24.0 Å². The number of aromatic amines is 1. The number of nitrogens with zero attached hydrogens (tertiary/aromatic N) is 2. The monoisotopic (exact) mass is 287 g/mol. The molecule has 4 heteroatoms. The van der Waals surface area contributed by atoms with Crippen LogP contribution in [0.5, 0.6) is 0 Å². The summed E-state index contributed by atoms with van der Waals surface area (Å²) in [5.41, 5.74) is 0.738. The maximum absolute atomic E-state index is 12.6. The van der Waals surface area contributed by atoms with Gasteiger partial charge in [0.05, 0.1) is 0 Å². The minimum Gasteiger partial charge on any atom is -0.357 e. The Kier molecular flexibility index (Phi) is 3.49. The van der Waals surface area contributed by atoms with Crippen LogP contribution >= 0.6 is 0 Å². The maximum atomic E-state index is 12.6. The number of rotatable bonds is 3. The van der Waals surface area contributed by atoms with E-state index in [0.717, 1.165) is 24.7 Å². The lowest BCUT2D eigenvalue weighted by molar-refractivity contribution is 0.0712. The van der Waals surface area contributed by atoms with E-state index in [1.54, 1.807) is 0 Å². The van der Waals surface area contributed by atoms with E-state index in [1.807, 2.05) is 18.3 Å². The molecule has 114 valence electrons. The SMILES string of the molecule is O=C(c1ccc[nH]1)N1C[C@H]2CC[C@@H](C1)N(CC1CCC1)C2. The van der Waals surface area contributed by atoms with E-state index in [1.165, 1.54) is 45.2 Å². The maximum Gasteiger partial charge on any atom is 0.270 e. The van der Waals surface area contributed by atoms with Crippen LogP contribution in [0.2, 0.25) is 0 Å². The molecule has 0 unspecified atom stereocenters. The highest BCUT2D eigenvalue weighted by atomic mass is 16.2. The van der Waals surface area contributed by atoms with Gasteiger partial charge in [-0.05, 0) is 49.7 Å². The Balaban J connectivity index is 1.46. The third-order valence-electron chi connectivity index (χ3n) is 5.66. The lowest BCUT2D eigenvalue weighted by Crippen LogP contribution is -2.47. The van der Waals surface area contributed by atoms with E-state index >= 15 is 0 Å². The van der Waals surface area contributed by atoms with E-state index < -0.39 is 0 Å². The molecule has 0 spiro atoms. The van der Waals surface area contributed by atoms with Crippen molar-refractivity contribution in [1.82, 2.24) is 14.8 Å². The molecule has 21 heavy (non-hydrogen) atoms. The minimum absolute atomic E-state index is 0.183. The van der Waals surface area contributed by atoms with Crippen LogP contribution in [0.25, 0.3) is 0 Å². The Morgan fingerprint density at radius 2 is 2.10 bits per heavy atom. The highest BCUT2D eigenvalue weighted by Crippen LogP contribution is 2.33. The Labute approximate surface area is 126 Å². The predicted octanol–water partition coefficient (Wildman–Crippen LogP) is 2.35. The van der Waals surface area contributed by atoms with Crippen molar-refractivity contribution in [2.75, 3.05) is 26.2 Å². The minimum atomic E-state index is 0.183. The molecule has 4 heterocycles. The number of nitrogens with one attached hydrogen (secondary N) is 1. The summed E-state index contributed by atoms with van der Waals surface area (Å²) in [5.74, 6) is 1.78. The average molecular weight is 287 g/mol. The molecule has 1 N–H and O–H groups in total. The van der Waals surface area contributed by atoms with Crippen molar-refractivity contribution in [3.63, 3.8) is 0 Å². The average Bonchev–Trinajstić information content (AvgIpc) is 2.83. The molecule has 0 aromatic carbocycles. The quantitative estimate of drug-likeness (QED) is 0.927. The first kappa shape index (κ1) is 13.4. The fourth-order valence-corrected chi connectivity index (χ4v) is 4.21. The van der Waals surface area contributed by atoms with Crippen LogP contribution in [0.15, 0.2) is 18.3 Å². The molecule has 1 aromatic heterocycles. The molecule has 3 saturated heterocycles. The molecule has 1 aliphatic carbocycles. The predicted molar refractivity (Wildman–Crippen MR) is 82.1 cm³/mol. The fraction of sp³-hybridized carbons (Fsp3) is 0.706. The molecule has 1 aromatic rings. The molecule has 4 fully saturated rings. The van der Waals surface area contributed by atoms with Crippen molar-refractivity contribution in [2.24, 2.45) is 11.8 Å². The molecule has 0 radical (unpaired) electrons. The first-order valence-corrected chi connectivity index (χ1v) is 8.46. The van der Waals surface area contributed by atoms with Crippen LogP contribution in [0.4, 0.5) is 0 Å². The summed E-state index contributed by atoms with van der Waals surface area (Å²) in [6, 6.07) is 4.38. The third kappa shape index (κ3) is 2.61. The van der Waals surface area contributed by atoms with Gasteiger partial charge in [-0.1, -0.05) is 6.42 Å². The van der Waals surface area contributed by atoms with Gasteiger partial charge in [0.25, 0.3) is 5.91 Å². The summed E-state index contributed by atoms with van der Waals surface area (Å²) in [5, 5.41) is 0. The number of hydrogen-bond acceptors (Lipinski definition) is 2. The van der Waals surface area contributed by atoms with E-state index in [2.05, 4.69) is 14.8 Å². The second kappa shape index (κ2) is 5.48. The molecule has 3 aliphatic heterocycles. The van der Waals surface area contributed by atoms with E-state index in [-0.39, 0.29) is 5.91 Å². The third-order valence-corrected chi connectivity index (χ3v) is 5.66. The molecular weight excluding hydrogens is 262 g/mol. The second-order valence-corrected chi connectivity index (χ2v) is 7.14. The van der Waals surface area contributed by atoms with Gasteiger partial charge in [0.1, 0.15) is 5.69 Å². The number of aromatic nitrogens is 1. The van der Waals surface area contributed by atoms with E-state index in [4.69, 9.17) is 0 Å². The summed E-state index contributed by atoms with van der Waals surface area (Å²) in [6.07, 6.45) is 8.65. The molecule has 2 atom stereocenters. The van der Waals surface area contributed by atoms with Crippen molar-refractivity contribution >= 4 is 5.91 Å². The summed E-state index contributed by atoms with van der Waals surface area (Å²) < 4.78 is 0. The summed E-state index contributed by atoms with van der Waals surface area (Å²) in [7, 11) is 0. The molecule has 2 bridgehead atoms. The normalized spacial score (nSPS) is 30.2. The highest BCUT2D eigenvalue weighted by molar-refractivity contribution is 5.92. The lowest BCUT2D eigenvalue weighted by Gasteiger charge is -2.40. The van der Waals surface area contributed by atoms with Crippen molar-refractivity contribution in [3.8, 4) is 0 Å². The first-order valence-electron chi connectivity index (χ1n) is 8.46. The highest BCUT2D eigenvalue weighted by Gasteiger charge is 2.37. The van der Waals surface area contributed by atoms with Crippen LogP contribution in [0, 0.1) is 11.8 Å². The zero-order chi connectivity index (χ0) is 14.2. The van der Waals surface area contributed by atoms with Gasteiger partial charge < -0.3 is 9.88 Å². The van der Waals surface area contributed by atoms with Crippen LogP contribution in [0.1, 0.15) is 42.6 Å². The first-order chi connectivity index (χ1) is 10.3. The smallest absolute Gasteiger partial charge is 0.270 e. The molecular formula is C17H25N3O. The second-order valence-electron chi connectivity index (χ2n) is 7.14. The van der Waals surface area contributed by atoms with Gasteiger partial charge in [-0.3, -0.25) is 9.69 Å². The molecule has 5 rings (SSSR count). The fourth-order valence-electron chi connectivity index (χ4n) is 4.21. The zero-order valence-corrected chi connectivity index (χ0v) is 12.6. The van der Waals surface area contributed by atoms with Crippen molar-refractivity contribution in [1.29, 1.82) is 0 Å². The Bertz CT molecular complexity index is 494. The lowest BCUT2D eigenvalue weighted by atomic mass is 9.83. The van der Waals surface area contributed by atoms with Crippen LogP contribution in [0.3, 0.4) is 0 Å². The summed E-state index contributed by atoms with van der Waals surface area (Å²) >= 11 is 0. The van der Waals surface area contributed by atoms with E-state index in [0.29, 0.717) is 12.0 Å². The van der Waals surface area contributed by atoms with Gasteiger partial charge in [0.2, 0.25) is 0 Å². The number of fused-ring (bicyclic) bond motifs is 4. The summed E-state index contributed by atoms with van der Waals surface area (Å²) in [4.78, 5) is 20.5. The van der Waals surface area contributed by atoms with Gasteiger partial charge in [0, 0.05) is 38.4 Å². The topological polar surface area (TPSA) is 39.3 Å². The molecule has 1 amide bonds. The van der Waals surface area contributed by atoms with Gasteiger partial charge in [-0.2, -0.15) is 0 Å². The van der Waals surface area contributed by atoms with Gasteiger partial charge in [-0.15, -0.1) is 0 Å². The van der Waals surface area contributed by atoms with Gasteiger partial charge >= 0.3 is 0 Å². The number of amides is 1. The molecule has 4 nitrogen and oxygen atoms in total. The Morgan fingerprint density at radius 3 is 2.81 bits per heavy atom. The number of H-pyrrole nitrogens is 1.